The molecule has 2 saturated heterocycles. The molecule has 1 aliphatic carbocycles. The molecule has 2 amide bonds. The second-order valence-corrected chi connectivity index (χ2v) is 22.9. The van der Waals surface area contributed by atoms with Crippen LogP contribution in [0.25, 0.3) is 0 Å². The number of cyclic esters (lactones) is 1. The minimum absolute atomic E-state index is 0.00788. The van der Waals surface area contributed by atoms with E-state index in [1.807, 2.05) is 58.1 Å². The van der Waals surface area contributed by atoms with Gasteiger partial charge in [-0.3, -0.25) is 14.4 Å². The van der Waals surface area contributed by atoms with Gasteiger partial charge in [-0.1, -0.05) is 71.1 Å². The molecular weight excluding hydrogens is 1050 g/mol. The van der Waals surface area contributed by atoms with Gasteiger partial charge in [-0.05, 0) is 107 Å². The number of nitrogens with zero attached hydrogens (tertiary/aromatic N) is 1. The van der Waals surface area contributed by atoms with E-state index in [4.69, 9.17) is 47.4 Å². The quantitative estimate of drug-likeness (QED) is 0.0472. The molecule has 0 radical (unpaired) electrons. The molecule has 4 N–H and O–H groups in total. The molecule has 16 atom stereocenters. The lowest BCUT2D eigenvalue weighted by Gasteiger charge is -2.43. The maximum Gasteiger partial charge on any atom is 0.407 e. The Morgan fingerprint density at radius 2 is 1.47 bits per heavy atom. The van der Waals surface area contributed by atoms with Crippen LogP contribution in [0, 0.1) is 35.5 Å². The van der Waals surface area contributed by atoms with Crippen molar-refractivity contribution >= 4 is 29.5 Å². The number of fused-ring (bicyclic) bond motifs is 3. The third-order valence-corrected chi connectivity index (χ3v) is 16.6. The van der Waals surface area contributed by atoms with Crippen LogP contribution in [-0.2, 0) is 66.5 Å². The van der Waals surface area contributed by atoms with Crippen molar-refractivity contribution in [2.24, 2.45) is 35.5 Å². The number of ether oxygens (including phenoxy) is 10. The molecule has 20 heteroatoms. The minimum atomic E-state index is -2.45. The number of carbonyl (C=O) groups is 5. The highest BCUT2D eigenvalue weighted by molar-refractivity contribution is 6.39. The standard InChI is InChI=1S/C61H100N2O18/c1-39-17-13-12-14-18-40(2)51(73-9)37-47-22-20-45(7)61(71,81-47)57(67)58(68)63-25-16-15-19-48(63)59(69)79-52(38-49(64)41(3)34-44(6)55(66)56(75-11)54(65)43(5)33-39)42(4)35-46-21-23-50(53(36-46)74-10)80-60(70)62-24-26-76-29-30-78-32-31-77-28-27-72-8/h12-14,17-18,34,39,41-43,45-53,55-56,64,66,71H,15-16,19-33,35-38H2,1-11H3,(H,62,70)/b14-12+,17-13+,40-18+,44-34+/t39-,41-,42-,43?,45-,46+,47+,48+,49-,50-,51+,52+,53-,55-,56+,61-/m1/s1. The Hall–Kier alpha value is -3.93. The average Bonchev–Trinajstić information content (AvgIpc) is 3.56. The number of carbonyl (C=O) groups excluding carboxylic acids is 5. The third-order valence-electron chi connectivity index (χ3n) is 16.6. The number of methoxy groups -OCH3 is 4. The topological polar surface area (TPSA) is 254 Å². The molecule has 0 aromatic carbocycles. The van der Waals surface area contributed by atoms with Crippen LogP contribution in [0.2, 0.25) is 0 Å². The molecule has 20 nitrogen and oxygen atoms in total. The maximum atomic E-state index is 14.7. The summed E-state index contributed by atoms with van der Waals surface area (Å²) in [6.07, 6.45) is 9.40. The minimum Gasteiger partial charge on any atom is -0.460 e. The lowest BCUT2D eigenvalue weighted by molar-refractivity contribution is -0.265. The fourth-order valence-electron chi connectivity index (χ4n) is 11.5. The number of piperidine rings is 1. The first-order valence-electron chi connectivity index (χ1n) is 29.5. The van der Waals surface area contributed by atoms with Crippen molar-refractivity contribution in [2.45, 2.75) is 186 Å². The average molecular weight is 1150 g/mol. The molecule has 3 aliphatic heterocycles. The molecule has 0 spiro atoms. The van der Waals surface area contributed by atoms with E-state index in [2.05, 4.69) is 5.32 Å². The highest BCUT2D eigenvalue weighted by atomic mass is 16.6. The lowest BCUT2D eigenvalue weighted by Crippen LogP contribution is -2.61. The molecule has 4 rings (SSSR count). The Balaban J connectivity index is 1.55. The second-order valence-electron chi connectivity index (χ2n) is 22.9. The highest BCUT2D eigenvalue weighted by Crippen LogP contribution is 2.38. The Bertz CT molecular complexity index is 2070. The van der Waals surface area contributed by atoms with E-state index >= 15 is 0 Å². The zero-order chi connectivity index (χ0) is 59.6. The number of alkyl carbamates (subject to hydrolysis) is 1. The molecule has 4 aliphatic rings. The Morgan fingerprint density at radius 3 is 2.14 bits per heavy atom. The van der Waals surface area contributed by atoms with Gasteiger partial charge in [0.25, 0.3) is 11.7 Å². The van der Waals surface area contributed by atoms with E-state index in [-0.39, 0.29) is 56.1 Å². The first-order chi connectivity index (χ1) is 38.7. The van der Waals surface area contributed by atoms with Crippen LogP contribution in [0.1, 0.15) is 126 Å². The van der Waals surface area contributed by atoms with Gasteiger partial charge in [0, 0.05) is 72.1 Å². The van der Waals surface area contributed by atoms with Crippen LogP contribution in [0.5, 0.6) is 0 Å². The van der Waals surface area contributed by atoms with Gasteiger partial charge in [0.2, 0.25) is 5.79 Å². The largest absolute Gasteiger partial charge is 0.460 e. The normalized spacial score (nSPS) is 35.6. The molecule has 81 heavy (non-hydrogen) atoms. The number of ketones is 2. The molecule has 0 aromatic rings. The molecule has 462 valence electrons. The number of esters is 1. The van der Waals surface area contributed by atoms with Crippen LogP contribution < -0.4 is 5.32 Å². The van der Waals surface area contributed by atoms with Crippen molar-refractivity contribution in [3.63, 3.8) is 0 Å². The van der Waals surface area contributed by atoms with E-state index < -0.39 is 102 Å². The predicted octanol–water partition coefficient (Wildman–Crippen LogP) is 6.40. The summed E-state index contributed by atoms with van der Waals surface area (Å²) < 4.78 is 57.2. The summed E-state index contributed by atoms with van der Waals surface area (Å²) in [5.74, 6) is -7.72. The maximum absolute atomic E-state index is 14.7. The second kappa shape index (κ2) is 36.0. The first kappa shape index (κ1) is 69.6. The number of allylic oxidation sites excluding steroid dienone is 5. The van der Waals surface area contributed by atoms with Gasteiger partial charge in [0.15, 0.2) is 5.78 Å². The zero-order valence-corrected chi connectivity index (χ0v) is 50.4. The van der Waals surface area contributed by atoms with Crippen molar-refractivity contribution < 1.29 is 86.7 Å². The summed E-state index contributed by atoms with van der Waals surface area (Å²) in [6, 6.07) is -1.16. The summed E-state index contributed by atoms with van der Waals surface area (Å²) in [4.78, 5) is 71.4. The highest BCUT2D eigenvalue weighted by Gasteiger charge is 2.53. The lowest BCUT2D eigenvalue weighted by atomic mass is 9.78. The van der Waals surface area contributed by atoms with Gasteiger partial charge in [0.1, 0.15) is 30.5 Å². The van der Waals surface area contributed by atoms with E-state index in [1.165, 1.54) is 12.0 Å². The SMILES string of the molecule is COCCOCCOCCOCCNC(=O)O[C@@H]1CC[C@@H](C[C@@H](C)[C@@H]2C[C@@H](O)[C@H](C)/C=C(\C)[C@@H](O)[C@@H](OC)C(=O)C(C)C[C@H](C)/C=C/C=C/C=C(\C)[C@@H](OC)C[C@@H]3CC[C@@H](C)[C@@](O)(O3)C(=O)C(=O)N3CCCC[C@H]3C(=O)O2)C[C@H]1OC. The van der Waals surface area contributed by atoms with Crippen molar-refractivity contribution in [1.29, 1.82) is 0 Å². The van der Waals surface area contributed by atoms with Crippen LogP contribution in [0.15, 0.2) is 47.6 Å². The number of hydrogen-bond acceptors (Lipinski definition) is 18. The number of rotatable bonds is 19. The van der Waals surface area contributed by atoms with Gasteiger partial charge >= 0.3 is 12.1 Å². The predicted molar refractivity (Wildman–Crippen MR) is 303 cm³/mol. The summed E-state index contributed by atoms with van der Waals surface area (Å²) in [5.41, 5.74) is 1.29. The van der Waals surface area contributed by atoms with Gasteiger partial charge in [-0.25, -0.2) is 9.59 Å². The first-order valence-corrected chi connectivity index (χ1v) is 29.5. The molecular formula is C61H100N2O18. The Labute approximate surface area is 481 Å². The zero-order valence-electron chi connectivity index (χ0n) is 50.4. The fraction of sp³-hybridized carbons (Fsp3) is 0.787. The summed E-state index contributed by atoms with van der Waals surface area (Å²) >= 11 is 0. The van der Waals surface area contributed by atoms with Crippen molar-refractivity contribution in [2.75, 3.05) is 87.8 Å². The van der Waals surface area contributed by atoms with Crippen molar-refractivity contribution in [1.82, 2.24) is 10.2 Å². The molecule has 3 heterocycles. The smallest absolute Gasteiger partial charge is 0.407 e. The molecule has 2 bridgehead atoms. The van der Waals surface area contributed by atoms with Gasteiger partial charge in [-0.2, -0.15) is 0 Å². The molecule has 1 saturated carbocycles. The third kappa shape index (κ3) is 21.9. The van der Waals surface area contributed by atoms with Gasteiger partial charge in [0.05, 0.1) is 70.7 Å². The van der Waals surface area contributed by atoms with E-state index in [0.717, 1.165) is 5.57 Å². The van der Waals surface area contributed by atoms with E-state index in [1.54, 1.807) is 48.2 Å². The van der Waals surface area contributed by atoms with E-state index in [9.17, 15) is 39.3 Å². The van der Waals surface area contributed by atoms with Gasteiger partial charge < -0.3 is 72.9 Å². The molecule has 0 aromatic heterocycles. The number of aliphatic hydroxyl groups is 3. The Morgan fingerprint density at radius 1 is 0.778 bits per heavy atom. The Kier molecular flexibility index (Phi) is 30.9. The summed E-state index contributed by atoms with van der Waals surface area (Å²) in [7, 11) is 6.15. The monoisotopic (exact) mass is 1150 g/mol. The number of hydrogen-bond donors (Lipinski definition) is 4. The van der Waals surface area contributed by atoms with Crippen LogP contribution in [0.3, 0.4) is 0 Å². The fourth-order valence-corrected chi connectivity index (χ4v) is 11.5. The van der Waals surface area contributed by atoms with Crippen LogP contribution in [0.4, 0.5) is 4.79 Å². The molecule has 3 fully saturated rings. The summed E-state index contributed by atoms with van der Waals surface area (Å²) in [6.45, 7) is 16.0. The van der Waals surface area contributed by atoms with Gasteiger partial charge in [-0.15, -0.1) is 0 Å². The number of Topliss-reactive ketones (excluding diaryl/α,β-unsaturated/α-hetero) is 2. The number of aliphatic hydroxyl groups excluding tert-OH is 2. The summed E-state index contributed by atoms with van der Waals surface area (Å²) in [5, 5.41) is 38.4. The molecule has 1 unspecified atom stereocenters. The van der Waals surface area contributed by atoms with Crippen LogP contribution in [-0.4, -0.2) is 198 Å². The van der Waals surface area contributed by atoms with Crippen molar-refractivity contribution in [3.05, 3.63) is 47.6 Å². The van der Waals surface area contributed by atoms with Crippen molar-refractivity contribution in [3.8, 4) is 0 Å². The number of amides is 2. The number of nitrogens with one attached hydrogen (secondary N) is 1. The van der Waals surface area contributed by atoms with Crippen LogP contribution >= 0.6 is 0 Å². The van der Waals surface area contributed by atoms with E-state index in [0.29, 0.717) is 109 Å².